The molecule has 1 aromatic rings. The summed E-state index contributed by atoms with van der Waals surface area (Å²) in [6.45, 7) is 6.31. The maximum Gasteiger partial charge on any atom is 0.0534 e. The molecule has 94 valence electrons. The number of rotatable bonds is 6. The molecule has 0 radical (unpaired) electrons. The Bertz CT molecular complexity index is 377. The van der Waals surface area contributed by atoms with E-state index in [0.717, 1.165) is 13.1 Å². The molecule has 1 heterocycles. The first kappa shape index (κ1) is 12.4. The molecule has 0 aromatic carbocycles. The second-order valence-electron chi connectivity index (χ2n) is 5.10. The fraction of sp³-hybridized carbons (Fsp3) is 0.643. The molecule has 0 aliphatic heterocycles. The van der Waals surface area contributed by atoms with E-state index in [1.54, 1.807) is 5.57 Å². The van der Waals surface area contributed by atoms with Crippen molar-refractivity contribution in [1.29, 1.82) is 0 Å². The van der Waals surface area contributed by atoms with Crippen molar-refractivity contribution in [1.82, 2.24) is 15.1 Å². The predicted molar refractivity (Wildman–Crippen MR) is 70.9 cm³/mol. The molecule has 0 amide bonds. The second kappa shape index (κ2) is 6.01. The summed E-state index contributed by atoms with van der Waals surface area (Å²) in [6, 6.07) is 0.451. The molecule has 0 spiro atoms. The molecule has 0 unspecified atom stereocenters. The molecule has 1 aliphatic rings. The fourth-order valence-corrected chi connectivity index (χ4v) is 2.20. The monoisotopic (exact) mass is 233 g/mol. The van der Waals surface area contributed by atoms with Gasteiger partial charge < -0.3 is 5.32 Å². The maximum atomic E-state index is 4.34. The van der Waals surface area contributed by atoms with E-state index in [1.807, 2.05) is 10.9 Å². The molecular formula is C14H23N3. The summed E-state index contributed by atoms with van der Waals surface area (Å²) in [5.41, 5.74) is 2.91. The minimum atomic E-state index is 0.451. The van der Waals surface area contributed by atoms with Crippen molar-refractivity contribution >= 4 is 0 Å². The third kappa shape index (κ3) is 3.70. The summed E-state index contributed by atoms with van der Waals surface area (Å²) in [5.74, 6) is 0. The molecule has 1 aromatic heterocycles. The Balaban J connectivity index is 1.67. The van der Waals surface area contributed by atoms with E-state index in [1.165, 1.54) is 31.2 Å². The summed E-state index contributed by atoms with van der Waals surface area (Å²) in [5, 5.41) is 7.82. The van der Waals surface area contributed by atoms with Crippen LogP contribution in [-0.4, -0.2) is 16.3 Å². The van der Waals surface area contributed by atoms with Crippen LogP contribution in [-0.2, 0) is 6.54 Å². The van der Waals surface area contributed by atoms with Crippen LogP contribution >= 0.6 is 0 Å². The molecular weight excluding hydrogens is 210 g/mol. The van der Waals surface area contributed by atoms with Gasteiger partial charge in [-0.25, -0.2) is 0 Å². The molecule has 3 nitrogen and oxygen atoms in total. The molecule has 0 atom stereocenters. The molecule has 0 bridgehead atoms. The Morgan fingerprint density at radius 2 is 2.35 bits per heavy atom. The average Bonchev–Trinajstić information content (AvgIpc) is 2.96. The van der Waals surface area contributed by atoms with E-state index in [2.05, 4.69) is 36.5 Å². The molecule has 1 N–H and O–H groups in total. The van der Waals surface area contributed by atoms with Gasteiger partial charge in [0, 0.05) is 24.3 Å². The summed E-state index contributed by atoms with van der Waals surface area (Å²) < 4.78 is 2.01. The largest absolute Gasteiger partial charge is 0.312 e. The van der Waals surface area contributed by atoms with Crippen LogP contribution in [0.4, 0.5) is 0 Å². The van der Waals surface area contributed by atoms with E-state index in [4.69, 9.17) is 0 Å². The Kier molecular flexibility index (Phi) is 4.37. The smallest absolute Gasteiger partial charge is 0.0534 e. The van der Waals surface area contributed by atoms with E-state index >= 15 is 0 Å². The minimum Gasteiger partial charge on any atom is -0.312 e. The van der Waals surface area contributed by atoms with Gasteiger partial charge in [-0.1, -0.05) is 11.6 Å². The molecule has 3 heteroatoms. The van der Waals surface area contributed by atoms with Crippen LogP contribution in [0.25, 0.3) is 0 Å². The third-order valence-corrected chi connectivity index (χ3v) is 3.27. The average molecular weight is 233 g/mol. The van der Waals surface area contributed by atoms with Crippen molar-refractivity contribution in [2.45, 2.75) is 52.1 Å². The number of nitrogens with one attached hydrogen (secondary N) is 1. The van der Waals surface area contributed by atoms with Gasteiger partial charge in [0.05, 0.1) is 6.20 Å². The molecule has 0 fully saturated rings. The van der Waals surface area contributed by atoms with Crippen LogP contribution in [0.5, 0.6) is 0 Å². The zero-order valence-electron chi connectivity index (χ0n) is 10.9. The third-order valence-electron chi connectivity index (χ3n) is 3.27. The van der Waals surface area contributed by atoms with Gasteiger partial charge in [0.2, 0.25) is 0 Å². The van der Waals surface area contributed by atoms with Crippen molar-refractivity contribution in [2.75, 3.05) is 6.54 Å². The van der Waals surface area contributed by atoms with Gasteiger partial charge in [-0.2, -0.15) is 5.10 Å². The summed E-state index contributed by atoms with van der Waals surface area (Å²) in [6.07, 6.45) is 11.7. The first-order valence-electron chi connectivity index (χ1n) is 6.67. The normalized spacial score (nSPS) is 15.6. The van der Waals surface area contributed by atoms with Crippen molar-refractivity contribution in [3.8, 4) is 0 Å². The van der Waals surface area contributed by atoms with E-state index in [0.29, 0.717) is 6.04 Å². The molecule has 0 saturated heterocycles. The van der Waals surface area contributed by atoms with Crippen LogP contribution in [0.1, 0.15) is 51.1 Å². The maximum absolute atomic E-state index is 4.34. The van der Waals surface area contributed by atoms with E-state index in [-0.39, 0.29) is 0 Å². The highest BCUT2D eigenvalue weighted by Gasteiger charge is 2.04. The lowest BCUT2D eigenvalue weighted by molar-refractivity contribution is 0.531. The Labute approximate surface area is 104 Å². The number of aromatic nitrogens is 2. The quantitative estimate of drug-likeness (QED) is 0.604. The van der Waals surface area contributed by atoms with Crippen molar-refractivity contribution in [2.24, 2.45) is 0 Å². The van der Waals surface area contributed by atoms with Crippen LogP contribution in [0, 0.1) is 0 Å². The fourth-order valence-electron chi connectivity index (χ4n) is 2.20. The topological polar surface area (TPSA) is 29.9 Å². The first-order valence-corrected chi connectivity index (χ1v) is 6.67. The van der Waals surface area contributed by atoms with Crippen LogP contribution in [0.3, 0.4) is 0 Å². The number of hydrogen-bond donors (Lipinski definition) is 1. The lowest BCUT2D eigenvalue weighted by Crippen LogP contribution is -2.14. The Morgan fingerprint density at radius 3 is 3.00 bits per heavy atom. The molecule has 17 heavy (non-hydrogen) atoms. The van der Waals surface area contributed by atoms with E-state index < -0.39 is 0 Å². The van der Waals surface area contributed by atoms with Gasteiger partial charge >= 0.3 is 0 Å². The highest BCUT2D eigenvalue weighted by molar-refractivity contribution is 5.08. The molecule has 2 rings (SSSR count). The Morgan fingerprint density at radius 1 is 1.47 bits per heavy atom. The standard InChI is InChI=1S/C14H23N3/c1-12(2)17-11-14(10-16-17)9-15-8-7-13-5-3-4-6-13/h5,10-12,15H,3-4,6-9H2,1-2H3. The van der Waals surface area contributed by atoms with Crippen LogP contribution < -0.4 is 5.32 Å². The SMILES string of the molecule is CC(C)n1cc(CNCCC2=CCCC2)cn1. The van der Waals surface area contributed by atoms with Crippen LogP contribution in [0.2, 0.25) is 0 Å². The highest BCUT2D eigenvalue weighted by Crippen LogP contribution is 2.19. The predicted octanol–water partition coefficient (Wildman–Crippen LogP) is 3.05. The number of nitrogens with zero attached hydrogens (tertiary/aromatic N) is 2. The van der Waals surface area contributed by atoms with Gasteiger partial charge in [-0.05, 0) is 46.1 Å². The minimum absolute atomic E-state index is 0.451. The Hall–Kier alpha value is -1.09. The van der Waals surface area contributed by atoms with Crippen LogP contribution in [0.15, 0.2) is 24.0 Å². The summed E-state index contributed by atoms with van der Waals surface area (Å²) in [7, 11) is 0. The van der Waals surface area contributed by atoms with Crippen molar-refractivity contribution in [3.63, 3.8) is 0 Å². The molecule has 1 aliphatic carbocycles. The number of allylic oxidation sites excluding steroid dienone is 1. The number of hydrogen-bond acceptors (Lipinski definition) is 2. The molecule has 0 saturated carbocycles. The second-order valence-corrected chi connectivity index (χ2v) is 5.10. The van der Waals surface area contributed by atoms with Gasteiger partial charge in [-0.3, -0.25) is 4.68 Å². The van der Waals surface area contributed by atoms with Crippen molar-refractivity contribution in [3.05, 3.63) is 29.6 Å². The van der Waals surface area contributed by atoms with Gasteiger partial charge in [0.15, 0.2) is 0 Å². The lowest BCUT2D eigenvalue weighted by atomic mass is 10.2. The first-order chi connectivity index (χ1) is 8.25. The van der Waals surface area contributed by atoms with Crippen molar-refractivity contribution < 1.29 is 0 Å². The lowest BCUT2D eigenvalue weighted by Gasteiger charge is -2.05. The van der Waals surface area contributed by atoms with E-state index in [9.17, 15) is 0 Å². The summed E-state index contributed by atoms with van der Waals surface area (Å²) in [4.78, 5) is 0. The van der Waals surface area contributed by atoms with Gasteiger partial charge in [0.1, 0.15) is 0 Å². The van der Waals surface area contributed by atoms with Gasteiger partial charge in [0.25, 0.3) is 0 Å². The van der Waals surface area contributed by atoms with Gasteiger partial charge in [-0.15, -0.1) is 0 Å². The zero-order chi connectivity index (χ0) is 12.1. The highest BCUT2D eigenvalue weighted by atomic mass is 15.3. The summed E-state index contributed by atoms with van der Waals surface area (Å²) >= 11 is 0. The zero-order valence-corrected chi connectivity index (χ0v) is 10.9.